The Hall–Kier alpha value is -3.20. The first-order valence-electron chi connectivity index (χ1n) is 8.05. The van der Waals surface area contributed by atoms with Crippen LogP contribution < -0.4 is 5.32 Å². The van der Waals surface area contributed by atoms with Crippen LogP contribution in [-0.4, -0.2) is 30.4 Å². The molecule has 0 spiro atoms. The molecule has 9 nitrogen and oxygen atoms in total. The van der Waals surface area contributed by atoms with E-state index in [-0.39, 0.29) is 17.2 Å². The van der Waals surface area contributed by atoms with Crippen molar-refractivity contribution in [3.63, 3.8) is 0 Å². The first-order valence-corrected chi connectivity index (χ1v) is 8.43. The Bertz CT molecular complexity index is 1040. The lowest BCUT2D eigenvalue weighted by molar-refractivity contribution is -0.385. The zero-order valence-corrected chi connectivity index (χ0v) is 15.7. The molecule has 0 saturated heterocycles. The summed E-state index contributed by atoms with van der Waals surface area (Å²) in [6, 6.07) is 9.08. The van der Waals surface area contributed by atoms with Crippen molar-refractivity contribution >= 4 is 29.0 Å². The number of rotatable bonds is 5. The predicted molar refractivity (Wildman–Crippen MR) is 100 cm³/mol. The monoisotopic (exact) mass is 388 g/mol. The lowest BCUT2D eigenvalue weighted by Crippen LogP contribution is -2.15. The summed E-state index contributed by atoms with van der Waals surface area (Å²) in [5.41, 5.74) is 1.42. The second kappa shape index (κ2) is 7.20. The van der Waals surface area contributed by atoms with Crippen molar-refractivity contribution in [3.05, 3.63) is 68.1 Å². The number of hydrogen-bond donors (Lipinski definition) is 1. The summed E-state index contributed by atoms with van der Waals surface area (Å²) in [7, 11) is 1.54. The van der Waals surface area contributed by atoms with Crippen molar-refractivity contribution in [2.24, 2.45) is 7.05 Å². The molecule has 0 fully saturated rings. The number of amides is 1. The normalized spacial score (nSPS) is 10.8. The summed E-state index contributed by atoms with van der Waals surface area (Å²) in [5, 5.41) is 22.7. The molecule has 0 aliphatic carbocycles. The van der Waals surface area contributed by atoms with E-state index in [0.717, 1.165) is 11.3 Å². The van der Waals surface area contributed by atoms with E-state index in [4.69, 9.17) is 11.6 Å². The number of aromatic nitrogens is 4. The molecule has 1 N–H and O–H groups in total. The first kappa shape index (κ1) is 18.6. The summed E-state index contributed by atoms with van der Waals surface area (Å²) >= 11 is 6.18. The summed E-state index contributed by atoms with van der Waals surface area (Å²) < 4.78 is 2.99. The van der Waals surface area contributed by atoms with Crippen LogP contribution >= 0.6 is 11.6 Å². The highest BCUT2D eigenvalue weighted by molar-refractivity contribution is 6.31. The molecule has 0 bridgehead atoms. The largest absolute Gasteiger partial charge is 0.322 e. The number of nitro groups is 1. The fraction of sp³-hybridized carbons (Fsp3) is 0.235. The third-order valence-electron chi connectivity index (χ3n) is 4.20. The van der Waals surface area contributed by atoms with Crippen molar-refractivity contribution in [1.82, 2.24) is 19.6 Å². The molecule has 0 aliphatic heterocycles. The number of benzene rings is 1. The van der Waals surface area contributed by atoms with E-state index in [1.807, 2.05) is 25.1 Å². The molecule has 0 radical (unpaired) electrons. The lowest BCUT2D eigenvalue weighted by Gasteiger charge is -2.06. The fourth-order valence-electron chi connectivity index (χ4n) is 2.66. The van der Waals surface area contributed by atoms with Crippen molar-refractivity contribution in [2.45, 2.75) is 20.4 Å². The number of carbonyl (C=O) groups excluding carboxylic acids is 1. The average Bonchev–Trinajstić information content (AvgIpc) is 3.09. The Morgan fingerprint density at radius 1 is 1.30 bits per heavy atom. The molecule has 0 saturated carbocycles. The average molecular weight is 389 g/mol. The zero-order valence-electron chi connectivity index (χ0n) is 14.9. The van der Waals surface area contributed by atoms with Gasteiger partial charge in [-0.2, -0.15) is 10.2 Å². The third-order valence-corrected chi connectivity index (χ3v) is 4.57. The highest BCUT2D eigenvalue weighted by Crippen LogP contribution is 2.23. The highest BCUT2D eigenvalue weighted by Gasteiger charge is 2.29. The highest BCUT2D eigenvalue weighted by atomic mass is 35.5. The minimum atomic E-state index is -0.687. The number of carbonyl (C=O) groups is 1. The van der Waals surface area contributed by atoms with Crippen LogP contribution in [0.15, 0.2) is 30.3 Å². The Balaban J connectivity index is 1.83. The molecule has 2 aromatic heterocycles. The van der Waals surface area contributed by atoms with Gasteiger partial charge in [0.1, 0.15) is 5.69 Å². The van der Waals surface area contributed by atoms with Gasteiger partial charge in [0, 0.05) is 23.8 Å². The molecule has 1 amide bonds. The minimum absolute atomic E-state index is 0.252. The summed E-state index contributed by atoms with van der Waals surface area (Å²) in [6.07, 6.45) is 0. The van der Waals surface area contributed by atoms with Crippen molar-refractivity contribution in [1.29, 1.82) is 0 Å². The van der Waals surface area contributed by atoms with E-state index in [2.05, 4.69) is 15.5 Å². The Morgan fingerprint density at radius 2 is 2.00 bits per heavy atom. The molecule has 1 aromatic carbocycles. The van der Waals surface area contributed by atoms with Gasteiger partial charge in [-0.3, -0.25) is 24.3 Å². The summed E-state index contributed by atoms with van der Waals surface area (Å²) in [6.45, 7) is 3.81. The third kappa shape index (κ3) is 3.68. The smallest absolute Gasteiger partial charge is 0.303 e. The van der Waals surface area contributed by atoms with Gasteiger partial charge in [0.2, 0.25) is 5.69 Å². The molecule has 140 valence electrons. The van der Waals surface area contributed by atoms with Crippen LogP contribution in [0.3, 0.4) is 0 Å². The lowest BCUT2D eigenvalue weighted by atomic mass is 10.2. The Labute approximate surface area is 159 Å². The number of nitrogens with one attached hydrogen (secondary N) is 1. The van der Waals surface area contributed by atoms with Gasteiger partial charge in [-0.15, -0.1) is 0 Å². The molecular weight excluding hydrogens is 372 g/mol. The number of hydrogen-bond acceptors (Lipinski definition) is 5. The molecule has 0 atom stereocenters. The van der Waals surface area contributed by atoms with Crippen LogP contribution in [-0.2, 0) is 13.6 Å². The van der Waals surface area contributed by atoms with Gasteiger partial charge in [-0.1, -0.05) is 29.8 Å². The quantitative estimate of drug-likeness (QED) is 0.533. The SMILES string of the molecule is Cc1c([N+](=O)[O-])c(C(=O)Nc2cc(C)n(Cc3ccccc3Cl)n2)nn1C. The Morgan fingerprint density at radius 3 is 2.67 bits per heavy atom. The maximum absolute atomic E-state index is 12.5. The van der Waals surface area contributed by atoms with E-state index in [1.165, 1.54) is 11.6 Å². The maximum atomic E-state index is 12.5. The molecule has 10 heteroatoms. The van der Waals surface area contributed by atoms with E-state index in [9.17, 15) is 14.9 Å². The van der Waals surface area contributed by atoms with Crippen LogP contribution in [0.2, 0.25) is 5.02 Å². The van der Waals surface area contributed by atoms with Crippen LogP contribution in [0.25, 0.3) is 0 Å². The topological polar surface area (TPSA) is 108 Å². The van der Waals surface area contributed by atoms with Gasteiger partial charge in [-0.05, 0) is 25.5 Å². The minimum Gasteiger partial charge on any atom is -0.303 e. The second-order valence-corrected chi connectivity index (χ2v) is 6.44. The van der Waals surface area contributed by atoms with Crippen molar-refractivity contribution in [2.75, 3.05) is 5.32 Å². The summed E-state index contributed by atoms with van der Waals surface area (Å²) in [4.78, 5) is 23.1. The summed E-state index contributed by atoms with van der Waals surface area (Å²) in [5.74, 6) is -0.407. The van der Waals surface area contributed by atoms with Crippen LogP contribution in [0.4, 0.5) is 11.5 Å². The molecule has 2 heterocycles. The maximum Gasteiger partial charge on any atom is 0.322 e. The molecule has 3 aromatic rings. The van der Waals surface area contributed by atoms with E-state index >= 15 is 0 Å². The van der Waals surface area contributed by atoms with Gasteiger partial charge < -0.3 is 5.32 Å². The molecule has 3 rings (SSSR count). The first-order chi connectivity index (χ1) is 12.8. The number of halogens is 1. The van der Waals surface area contributed by atoms with Gasteiger partial charge in [0.25, 0.3) is 5.91 Å². The molecular formula is C17H17ClN6O3. The van der Waals surface area contributed by atoms with Crippen LogP contribution in [0, 0.1) is 24.0 Å². The van der Waals surface area contributed by atoms with Crippen LogP contribution in [0.1, 0.15) is 27.4 Å². The standard InChI is InChI=1S/C17H17ClN6O3/c1-10-8-14(20-23(10)9-12-6-4-5-7-13(12)18)19-17(25)15-16(24(26)27)11(2)22(3)21-15/h4-8H,9H2,1-3H3,(H,19,20,25). The van der Waals surface area contributed by atoms with E-state index in [1.54, 1.807) is 23.9 Å². The Kier molecular flexibility index (Phi) is 4.95. The van der Waals surface area contributed by atoms with Gasteiger partial charge >= 0.3 is 5.69 Å². The second-order valence-electron chi connectivity index (χ2n) is 6.04. The zero-order chi connectivity index (χ0) is 19.7. The van der Waals surface area contributed by atoms with Crippen LogP contribution in [0.5, 0.6) is 0 Å². The van der Waals surface area contributed by atoms with Gasteiger partial charge in [-0.25, -0.2) is 0 Å². The van der Waals surface area contributed by atoms with E-state index < -0.39 is 10.8 Å². The predicted octanol–water partition coefficient (Wildman–Crippen LogP) is 3.10. The number of anilines is 1. The van der Waals surface area contributed by atoms with Crippen molar-refractivity contribution < 1.29 is 9.72 Å². The molecule has 0 aliphatic rings. The van der Waals surface area contributed by atoms with Gasteiger partial charge in [0.05, 0.1) is 11.5 Å². The number of aryl methyl sites for hydroxylation is 2. The van der Waals surface area contributed by atoms with Gasteiger partial charge in [0.15, 0.2) is 5.82 Å². The number of nitrogens with zero attached hydrogens (tertiary/aromatic N) is 5. The molecule has 27 heavy (non-hydrogen) atoms. The molecule has 0 unspecified atom stereocenters. The van der Waals surface area contributed by atoms with E-state index in [0.29, 0.717) is 17.3 Å². The fourth-order valence-corrected chi connectivity index (χ4v) is 2.86. The van der Waals surface area contributed by atoms with Crippen molar-refractivity contribution in [3.8, 4) is 0 Å².